The number of hydrogen-bond acceptors (Lipinski definition) is 4. The Labute approximate surface area is 119 Å². The van der Waals surface area contributed by atoms with Gasteiger partial charge in [-0.25, -0.2) is 4.79 Å². The Morgan fingerprint density at radius 1 is 1.35 bits per heavy atom. The summed E-state index contributed by atoms with van der Waals surface area (Å²) < 4.78 is 10.1. The van der Waals surface area contributed by atoms with Gasteiger partial charge < -0.3 is 19.2 Å². The van der Waals surface area contributed by atoms with Gasteiger partial charge in [-0.2, -0.15) is 0 Å². The normalized spacial score (nSPS) is 11.7. The lowest BCUT2D eigenvalue weighted by Gasteiger charge is -2.22. The minimum atomic E-state index is -0.507. The van der Waals surface area contributed by atoms with Crippen molar-refractivity contribution in [3.8, 4) is 0 Å². The summed E-state index contributed by atoms with van der Waals surface area (Å²) in [6, 6.07) is 9.42. The number of hydrogen-bond donors (Lipinski definition) is 0. The first-order valence-electron chi connectivity index (χ1n) is 6.56. The van der Waals surface area contributed by atoms with Crippen molar-refractivity contribution in [2.45, 2.75) is 25.5 Å². The summed E-state index contributed by atoms with van der Waals surface area (Å²) in [5.74, 6) is 0. The van der Waals surface area contributed by atoms with Gasteiger partial charge in [-0.1, -0.05) is 30.3 Å². The summed E-state index contributed by atoms with van der Waals surface area (Å²) in [5, 5.41) is 0. The minimum Gasteiger partial charge on any atom is -0.453 e. The molecule has 0 aliphatic heterocycles. The largest absolute Gasteiger partial charge is 0.453 e. The average Bonchev–Trinajstić information content (AvgIpc) is 2.50. The Hall–Kier alpha value is -1.88. The zero-order valence-corrected chi connectivity index (χ0v) is 12.0. The van der Waals surface area contributed by atoms with E-state index in [-0.39, 0.29) is 0 Å². The van der Waals surface area contributed by atoms with Crippen LogP contribution in [0.5, 0.6) is 0 Å². The van der Waals surface area contributed by atoms with E-state index >= 15 is 0 Å². The Morgan fingerprint density at radius 2 is 2.05 bits per heavy atom. The van der Waals surface area contributed by atoms with Crippen molar-refractivity contribution in [3.05, 3.63) is 35.9 Å². The van der Waals surface area contributed by atoms with Gasteiger partial charge in [0.1, 0.15) is 6.29 Å². The monoisotopic (exact) mass is 279 g/mol. The van der Waals surface area contributed by atoms with Gasteiger partial charge in [-0.05, 0) is 18.4 Å². The van der Waals surface area contributed by atoms with E-state index in [0.717, 1.165) is 11.8 Å². The lowest BCUT2D eigenvalue weighted by Crippen LogP contribution is -2.38. The number of rotatable bonds is 8. The molecule has 1 rings (SSSR count). The summed E-state index contributed by atoms with van der Waals surface area (Å²) in [6.45, 7) is 1.10. The Balaban J connectivity index is 2.22. The van der Waals surface area contributed by atoms with Crippen LogP contribution in [0.15, 0.2) is 30.3 Å². The van der Waals surface area contributed by atoms with E-state index in [1.807, 2.05) is 30.3 Å². The third-order valence-electron chi connectivity index (χ3n) is 3.02. The second-order valence-electron chi connectivity index (χ2n) is 4.46. The second kappa shape index (κ2) is 9.09. The highest BCUT2D eigenvalue weighted by molar-refractivity contribution is 5.72. The van der Waals surface area contributed by atoms with Gasteiger partial charge in [0.05, 0.1) is 19.8 Å². The van der Waals surface area contributed by atoms with Gasteiger partial charge in [0, 0.05) is 13.7 Å². The van der Waals surface area contributed by atoms with Gasteiger partial charge in [0.15, 0.2) is 0 Å². The van der Waals surface area contributed by atoms with E-state index in [2.05, 4.69) is 4.74 Å². The van der Waals surface area contributed by atoms with Crippen LogP contribution >= 0.6 is 0 Å². The van der Waals surface area contributed by atoms with Crippen LogP contribution in [-0.2, 0) is 20.9 Å². The van der Waals surface area contributed by atoms with Crippen molar-refractivity contribution in [1.82, 2.24) is 4.90 Å². The molecule has 0 spiro atoms. The summed E-state index contributed by atoms with van der Waals surface area (Å²) in [5.41, 5.74) is 1.12. The number of ether oxygens (including phenoxy) is 2. The number of aldehydes is 1. The summed E-state index contributed by atoms with van der Waals surface area (Å²) in [4.78, 5) is 23.6. The van der Waals surface area contributed by atoms with E-state index in [0.29, 0.717) is 26.1 Å². The minimum absolute atomic E-state index is 0.470. The number of likely N-dealkylation sites (N-methyl/N-ethyl adjacent to an activating group) is 1. The molecule has 0 heterocycles. The molecule has 20 heavy (non-hydrogen) atoms. The predicted octanol–water partition coefficient (Wildman–Crippen LogP) is 2.25. The molecule has 0 aliphatic rings. The third-order valence-corrected chi connectivity index (χ3v) is 3.02. The van der Waals surface area contributed by atoms with Gasteiger partial charge in [-0.3, -0.25) is 0 Å². The number of methoxy groups -OCH3 is 1. The highest BCUT2D eigenvalue weighted by Crippen LogP contribution is 2.06. The van der Waals surface area contributed by atoms with Gasteiger partial charge >= 0.3 is 6.09 Å². The number of carbonyl (C=O) groups excluding carboxylic acids is 2. The smallest absolute Gasteiger partial charge is 0.409 e. The van der Waals surface area contributed by atoms with Crippen molar-refractivity contribution in [1.29, 1.82) is 0 Å². The van der Waals surface area contributed by atoms with E-state index in [1.165, 1.54) is 12.0 Å². The van der Waals surface area contributed by atoms with Gasteiger partial charge in [-0.15, -0.1) is 0 Å². The first-order chi connectivity index (χ1) is 9.69. The highest BCUT2D eigenvalue weighted by atomic mass is 16.5. The lowest BCUT2D eigenvalue weighted by atomic mass is 10.1. The summed E-state index contributed by atoms with van der Waals surface area (Å²) in [6.07, 6.45) is 1.52. The SMILES string of the molecule is COC(=O)N(C)[C@@H](C=O)CCCOCc1ccccc1. The maximum absolute atomic E-state index is 11.3. The summed E-state index contributed by atoms with van der Waals surface area (Å²) >= 11 is 0. The van der Waals surface area contributed by atoms with Crippen molar-refractivity contribution < 1.29 is 19.1 Å². The van der Waals surface area contributed by atoms with Crippen LogP contribution in [0.1, 0.15) is 18.4 Å². The van der Waals surface area contributed by atoms with Crippen molar-refractivity contribution in [2.24, 2.45) is 0 Å². The van der Waals surface area contributed by atoms with E-state index in [9.17, 15) is 9.59 Å². The molecule has 0 aromatic heterocycles. The maximum atomic E-state index is 11.3. The van der Waals surface area contributed by atoms with Crippen LogP contribution < -0.4 is 0 Å². The molecule has 1 aromatic carbocycles. The fraction of sp³-hybridized carbons (Fsp3) is 0.467. The molecule has 0 saturated carbocycles. The van der Waals surface area contributed by atoms with Crippen LogP contribution in [0.4, 0.5) is 4.79 Å². The van der Waals surface area contributed by atoms with E-state index in [1.54, 1.807) is 7.05 Å². The molecule has 110 valence electrons. The molecule has 0 fully saturated rings. The highest BCUT2D eigenvalue weighted by Gasteiger charge is 2.19. The topological polar surface area (TPSA) is 55.8 Å². The van der Waals surface area contributed by atoms with Gasteiger partial charge in [0.2, 0.25) is 0 Å². The first-order valence-corrected chi connectivity index (χ1v) is 6.56. The van der Waals surface area contributed by atoms with Crippen molar-refractivity contribution in [2.75, 3.05) is 20.8 Å². The fourth-order valence-electron chi connectivity index (χ4n) is 1.79. The molecule has 0 saturated heterocycles. The number of amides is 1. The van der Waals surface area contributed by atoms with Crippen LogP contribution in [0.2, 0.25) is 0 Å². The zero-order valence-electron chi connectivity index (χ0n) is 12.0. The maximum Gasteiger partial charge on any atom is 0.409 e. The Kier molecular flexibility index (Phi) is 7.35. The van der Waals surface area contributed by atoms with Crippen molar-refractivity contribution >= 4 is 12.4 Å². The average molecular weight is 279 g/mol. The molecule has 0 bridgehead atoms. The Bertz CT molecular complexity index is 408. The predicted molar refractivity (Wildman–Crippen MR) is 75.4 cm³/mol. The molecule has 0 unspecified atom stereocenters. The molecule has 0 radical (unpaired) electrons. The van der Waals surface area contributed by atoms with Gasteiger partial charge in [0.25, 0.3) is 0 Å². The molecule has 1 amide bonds. The third kappa shape index (κ3) is 5.40. The zero-order chi connectivity index (χ0) is 14.8. The number of carbonyl (C=O) groups is 2. The summed E-state index contributed by atoms with van der Waals surface area (Å²) in [7, 11) is 2.85. The fourth-order valence-corrected chi connectivity index (χ4v) is 1.79. The molecule has 1 atom stereocenters. The molecular weight excluding hydrogens is 258 g/mol. The van der Waals surface area contributed by atoms with Crippen LogP contribution in [0, 0.1) is 0 Å². The number of benzene rings is 1. The Morgan fingerprint density at radius 3 is 2.65 bits per heavy atom. The second-order valence-corrected chi connectivity index (χ2v) is 4.46. The number of nitrogens with zero attached hydrogens (tertiary/aromatic N) is 1. The first kappa shape index (κ1) is 16.2. The lowest BCUT2D eigenvalue weighted by molar-refractivity contribution is -0.111. The van der Waals surface area contributed by atoms with Crippen molar-refractivity contribution in [3.63, 3.8) is 0 Å². The molecule has 5 nitrogen and oxygen atoms in total. The molecule has 1 aromatic rings. The standard InChI is InChI=1S/C15H21NO4/c1-16(15(18)19-2)14(11-17)9-6-10-20-12-13-7-4-3-5-8-13/h3-5,7-8,11,14H,6,9-10,12H2,1-2H3/t14-/m1/s1. The van der Waals surface area contributed by atoms with E-state index in [4.69, 9.17) is 4.74 Å². The quantitative estimate of drug-likeness (QED) is 0.541. The van der Waals surface area contributed by atoms with Crippen LogP contribution in [0.25, 0.3) is 0 Å². The molecule has 5 heteroatoms. The molecule has 0 N–H and O–H groups in total. The molecule has 0 aliphatic carbocycles. The van der Waals surface area contributed by atoms with Crippen LogP contribution in [-0.4, -0.2) is 44.1 Å². The molecular formula is C15H21NO4. The van der Waals surface area contributed by atoms with Crippen LogP contribution in [0.3, 0.4) is 0 Å². The van der Waals surface area contributed by atoms with E-state index < -0.39 is 12.1 Å².